The lowest BCUT2D eigenvalue weighted by atomic mass is 10.0. The van der Waals surface area contributed by atoms with Gasteiger partial charge in [-0.3, -0.25) is 0 Å². The molecule has 1 heterocycles. The van der Waals surface area contributed by atoms with E-state index < -0.39 is 0 Å². The van der Waals surface area contributed by atoms with E-state index in [0.29, 0.717) is 0 Å². The fourth-order valence-corrected chi connectivity index (χ4v) is 4.77. The van der Waals surface area contributed by atoms with E-state index in [1.807, 2.05) is 0 Å². The van der Waals surface area contributed by atoms with E-state index in [9.17, 15) is 0 Å². The zero-order valence-corrected chi connectivity index (χ0v) is 18.5. The van der Waals surface area contributed by atoms with Crippen molar-refractivity contribution in [2.24, 2.45) is 7.05 Å². The third kappa shape index (κ3) is 3.37. The van der Waals surface area contributed by atoms with E-state index in [1.54, 1.807) is 0 Å². The molecule has 1 aromatic heterocycles. The molecule has 0 N–H and O–H groups in total. The Balaban J connectivity index is 1.56. The highest BCUT2D eigenvalue weighted by molar-refractivity contribution is 6.09. The van der Waals surface area contributed by atoms with E-state index in [2.05, 4.69) is 144 Å². The number of hydrogen-bond donors (Lipinski definition) is 0. The van der Waals surface area contributed by atoms with Gasteiger partial charge in [-0.2, -0.15) is 0 Å². The van der Waals surface area contributed by atoms with Crippen LogP contribution < -0.4 is 4.90 Å². The topological polar surface area (TPSA) is 8.17 Å². The number of rotatable bonds is 4. The Morgan fingerprint density at radius 2 is 1.06 bits per heavy atom. The Morgan fingerprint density at radius 3 is 1.88 bits per heavy atom. The van der Waals surface area contributed by atoms with Crippen LogP contribution in [-0.4, -0.2) is 4.57 Å². The smallest absolute Gasteiger partial charge is 0.0490 e. The van der Waals surface area contributed by atoms with E-state index in [4.69, 9.17) is 0 Å². The molecule has 0 aliphatic heterocycles. The van der Waals surface area contributed by atoms with Crippen LogP contribution >= 0.6 is 0 Å². The van der Waals surface area contributed by atoms with E-state index in [-0.39, 0.29) is 0 Å². The second-order valence-corrected chi connectivity index (χ2v) is 8.36. The molecular weight excluding hydrogens is 400 g/mol. The normalized spacial score (nSPS) is 11.2. The van der Waals surface area contributed by atoms with Crippen LogP contribution in [0.25, 0.3) is 32.9 Å². The number of benzene rings is 5. The van der Waals surface area contributed by atoms with Crippen LogP contribution in [0, 0.1) is 0 Å². The maximum Gasteiger partial charge on any atom is 0.0490 e. The number of aryl methyl sites for hydroxylation is 1. The van der Waals surface area contributed by atoms with Gasteiger partial charge in [0, 0.05) is 45.9 Å². The lowest BCUT2D eigenvalue weighted by Crippen LogP contribution is -2.09. The van der Waals surface area contributed by atoms with Crippen LogP contribution in [0.4, 0.5) is 17.1 Å². The molecule has 0 saturated heterocycles. The summed E-state index contributed by atoms with van der Waals surface area (Å²) in [4.78, 5) is 2.34. The molecule has 158 valence electrons. The summed E-state index contributed by atoms with van der Waals surface area (Å²) in [5.74, 6) is 0. The number of nitrogens with zero attached hydrogens (tertiary/aromatic N) is 2. The Bertz CT molecular complexity index is 1560. The summed E-state index contributed by atoms with van der Waals surface area (Å²) in [5, 5.41) is 2.55. The van der Waals surface area contributed by atoms with Gasteiger partial charge < -0.3 is 9.47 Å². The number of fused-ring (bicyclic) bond motifs is 3. The van der Waals surface area contributed by atoms with E-state index in [0.717, 1.165) is 17.1 Å². The molecule has 2 heteroatoms. The summed E-state index contributed by atoms with van der Waals surface area (Å²) in [6.45, 7) is 0. The molecule has 0 fully saturated rings. The van der Waals surface area contributed by atoms with Gasteiger partial charge in [0.25, 0.3) is 0 Å². The lowest BCUT2D eigenvalue weighted by molar-refractivity contribution is 1.01. The van der Waals surface area contributed by atoms with Crippen LogP contribution in [0.15, 0.2) is 127 Å². The van der Waals surface area contributed by atoms with Gasteiger partial charge in [-0.1, -0.05) is 78.9 Å². The Labute approximate surface area is 194 Å². The van der Waals surface area contributed by atoms with Gasteiger partial charge in [0.1, 0.15) is 0 Å². The molecule has 0 spiro atoms. The minimum Gasteiger partial charge on any atom is -0.344 e. The number of hydrogen-bond acceptors (Lipinski definition) is 1. The Morgan fingerprint density at radius 1 is 0.455 bits per heavy atom. The first kappa shape index (κ1) is 19.4. The molecule has 0 unspecified atom stereocenters. The van der Waals surface area contributed by atoms with Crippen molar-refractivity contribution >= 4 is 38.9 Å². The van der Waals surface area contributed by atoms with Gasteiger partial charge in [-0.15, -0.1) is 0 Å². The van der Waals surface area contributed by atoms with Gasteiger partial charge in [0.2, 0.25) is 0 Å². The van der Waals surface area contributed by atoms with Crippen molar-refractivity contribution in [1.82, 2.24) is 4.57 Å². The van der Waals surface area contributed by atoms with Gasteiger partial charge in [0.15, 0.2) is 0 Å². The van der Waals surface area contributed by atoms with Crippen molar-refractivity contribution < 1.29 is 0 Å². The molecule has 0 bridgehead atoms. The third-order valence-corrected chi connectivity index (χ3v) is 6.38. The Kier molecular flexibility index (Phi) is 4.70. The molecule has 5 aromatic carbocycles. The standard InChI is InChI=1S/C31H24N2/c1-32-30-18-9-8-17-28(30)29-22-27(19-20-31(29)32)33(25-14-6-3-7-15-25)26-16-10-13-24(21-26)23-11-4-2-5-12-23/h2-22H,1H3. The van der Waals surface area contributed by atoms with Crippen LogP contribution in [0.3, 0.4) is 0 Å². The predicted octanol–water partition coefficient (Wildman–Crippen LogP) is 8.47. The van der Waals surface area contributed by atoms with Crippen LogP contribution in [0.1, 0.15) is 0 Å². The quantitative estimate of drug-likeness (QED) is 0.275. The second-order valence-electron chi connectivity index (χ2n) is 8.36. The van der Waals surface area contributed by atoms with E-state index >= 15 is 0 Å². The van der Waals surface area contributed by atoms with Gasteiger partial charge in [0.05, 0.1) is 0 Å². The Hall–Kier alpha value is -4.30. The maximum absolute atomic E-state index is 2.34. The van der Waals surface area contributed by atoms with Gasteiger partial charge >= 0.3 is 0 Å². The average Bonchev–Trinajstić information content (AvgIpc) is 3.17. The van der Waals surface area contributed by atoms with Crippen LogP contribution in [0.2, 0.25) is 0 Å². The van der Waals surface area contributed by atoms with Crippen molar-refractivity contribution in [1.29, 1.82) is 0 Å². The molecule has 2 nitrogen and oxygen atoms in total. The lowest BCUT2D eigenvalue weighted by Gasteiger charge is -2.26. The molecule has 0 aliphatic carbocycles. The summed E-state index contributed by atoms with van der Waals surface area (Å²) >= 11 is 0. The minimum absolute atomic E-state index is 1.14. The summed E-state index contributed by atoms with van der Waals surface area (Å²) in [6.07, 6.45) is 0. The first-order valence-electron chi connectivity index (χ1n) is 11.3. The summed E-state index contributed by atoms with van der Waals surface area (Å²) in [6, 6.07) is 45.3. The summed E-state index contributed by atoms with van der Waals surface area (Å²) in [7, 11) is 2.14. The van der Waals surface area contributed by atoms with Crippen molar-refractivity contribution in [3.8, 4) is 11.1 Å². The highest BCUT2D eigenvalue weighted by Crippen LogP contribution is 2.39. The van der Waals surface area contributed by atoms with Gasteiger partial charge in [-0.05, 0) is 59.7 Å². The zero-order chi connectivity index (χ0) is 22.2. The summed E-state index contributed by atoms with van der Waals surface area (Å²) in [5.41, 5.74) is 8.35. The van der Waals surface area contributed by atoms with Crippen molar-refractivity contribution in [3.63, 3.8) is 0 Å². The van der Waals surface area contributed by atoms with Crippen LogP contribution in [0.5, 0.6) is 0 Å². The first-order chi connectivity index (χ1) is 16.3. The molecule has 33 heavy (non-hydrogen) atoms. The minimum atomic E-state index is 1.14. The van der Waals surface area contributed by atoms with Crippen molar-refractivity contribution in [3.05, 3.63) is 127 Å². The summed E-state index contributed by atoms with van der Waals surface area (Å²) < 4.78 is 2.28. The third-order valence-electron chi connectivity index (χ3n) is 6.38. The fourth-order valence-electron chi connectivity index (χ4n) is 4.77. The van der Waals surface area contributed by atoms with Crippen molar-refractivity contribution in [2.45, 2.75) is 0 Å². The monoisotopic (exact) mass is 424 g/mol. The highest BCUT2D eigenvalue weighted by atomic mass is 15.1. The average molecular weight is 425 g/mol. The maximum atomic E-state index is 2.34. The molecule has 6 aromatic rings. The molecule has 0 radical (unpaired) electrons. The number of aromatic nitrogens is 1. The zero-order valence-electron chi connectivity index (χ0n) is 18.5. The highest BCUT2D eigenvalue weighted by Gasteiger charge is 2.16. The van der Waals surface area contributed by atoms with E-state index in [1.165, 1.54) is 32.9 Å². The SMILES string of the molecule is Cn1c2ccccc2c2cc(N(c3ccccc3)c3cccc(-c4ccccc4)c3)ccc21. The van der Waals surface area contributed by atoms with Gasteiger partial charge in [-0.25, -0.2) is 0 Å². The van der Waals surface area contributed by atoms with Crippen LogP contribution in [-0.2, 0) is 7.05 Å². The number of anilines is 3. The fraction of sp³-hybridized carbons (Fsp3) is 0.0323. The first-order valence-corrected chi connectivity index (χ1v) is 11.3. The molecule has 0 atom stereocenters. The molecule has 0 aliphatic rings. The number of para-hydroxylation sites is 2. The molecule has 6 rings (SSSR count). The second kappa shape index (κ2) is 7.99. The molecule has 0 saturated carbocycles. The largest absolute Gasteiger partial charge is 0.344 e. The van der Waals surface area contributed by atoms with Crippen molar-refractivity contribution in [2.75, 3.05) is 4.90 Å². The molecular formula is C31H24N2. The predicted molar refractivity (Wildman–Crippen MR) is 141 cm³/mol. The molecule has 0 amide bonds.